The number of likely N-dealkylation sites (tertiary alicyclic amines) is 1. The van der Waals surface area contributed by atoms with Crippen molar-refractivity contribution in [3.05, 3.63) is 35.9 Å². The maximum absolute atomic E-state index is 12.3. The number of fused-ring (bicyclic) bond motifs is 1. The predicted molar refractivity (Wildman–Crippen MR) is 80.0 cm³/mol. The summed E-state index contributed by atoms with van der Waals surface area (Å²) in [6.45, 7) is 1.26. The van der Waals surface area contributed by atoms with E-state index in [-0.39, 0.29) is 24.6 Å². The number of hydrogen-bond acceptors (Lipinski definition) is 4. The van der Waals surface area contributed by atoms with Gasteiger partial charge in [0.1, 0.15) is 6.61 Å². The number of nitrogens with zero attached hydrogens (tertiary/aromatic N) is 1. The van der Waals surface area contributed by atoms with E-state index in [0.29, 0.717) is 13.1 Å². The zero-order chi connectivity index (χ0) is 15.6. The van der Waals surface area contributed by atoms with E-state index in [1.165, 1.54) is 7.11 Å². The molecule has 118 valence electrons. The Morgan fingerprint density at radius 2 is 2.09 bits per heavy atom. The lowest BCUT2D eigenvalue weighted by atomic mass is 9.81. The number of rotatable bonds is 3. The molecule has 0 N–H and O–H groups in total. The Labute approximate surface area is 130 Å². The predicted octanol–water partition coefficient (Wildman–Crippen LogP) is 2.60. The Bertz CT molecular complexity index is 559. The van der Waals surface area contributed by atoms with Gasteiger partial charge >= 0.3 is 12.1 Å². The molecule has 0 spiro atoms. The maximum Gasteiger partial charge on any atom is 0.410 e. The lowest BCUT2D eigenvalue weighted by Gasteiger charge is -2.25. The summed E-state index contributed by atoms with van der Waals surface area (Å²) in [7, 11) is 1.42. The highest BCUT2D eigenvalue weighted by molar-refractivity contribution is 5.80. The number of carbonyl (C=O) groups excluding carboxylic acids is 2. The molecule has 0 bridgehead atoms. The van der Waals surface area contributed by atoms with Crippen molar-refractivity contribution >= 4 is 12.1 Å². The van der Waals surface area contributed by atoms with Gasteiger partial charge in [-0.3, -0.25) is 4.79 Å². The van der Waals surface area contributed by atoms with Gasteiger partial charge in [-0.1, -0.05) is 36.8 Å². The number of amides is 1. The standard InChI is InChI=1S/C17H21NO4/c1-21-15(19)17-9-5-8-14(17)10-18(12-17)16(20)22-11-13-6-3-2-4-7-13/h2-4,6-7,14H,5,8-12H2,1H3. The first kappa shape index (κ1) is 14.9. The van der Waals surface area contributed by atoms with Gasteiger partial charge < -0.3 is 14.4 Å². The monoisotopic (exact) mass is 303 g/mol. The zero-order valence-corrected chi connectivity index (χ0v) is 12.8. The molecule has 1 heterocycles. The fourth-order valence-corrected chi connectivity index (χ4v) is 3.78. The van der Waals surface area contributed by atoms with Crippen LogP contribution in [-0.4, -0.2) is 37.2 Å². The molecule has 2 fully saturated rings. The topological polar surface area (TPSA) is 55.8 Å². The molecule has 5 heteroatoms. The summed E-state index contributed by atoms with van der Waals surface area (Å²) in [5.74, 6) is 0.0117. The van der Waals surface area contributed by atoms with E-state index >= 15 is 0 Å². The summed E-state index contributed by atoms with van der Waals surface area (Å²) >= 11 is 0. The van der Waals surface area contributed by atoms with Crippen LogP contribution in [0.25, 0.3) is 0 Å². The van der Waals surface area contributed by atoms with Crippen molar-refractivity contribution in [2.24, 2.45) is 11.3 Å². The minimum Gasteiger partial charge on any atom is -0.469 e. The smallest absolute Gasteiger partial charge is 0.410 e. The second-order valence-corrected chi connectivity index (χ2v) is 6.16. The molecule has 1 saturated heterocycles. The van der Waals surface area contributed by atoms with E-state index in [1.807, 2.05) is 30.3 Å². The average Bonchev–Trinajstić information content (AvgIpc) is 3.11. The quantitative estimate of drug-likeness (QED) is 0.805. The van der Waals surface area contributed by atoms with Crippen molar-refractivity contribution in [2.45, 2.75) is 25.9 Å². The van der Waals surface area contributed by atoms with E-state index in [2.05, 4.69) is 0 Å². The molecule has 1 aliphatic heterocycles. The van der Waals surface area contributed by atoms with Crippen molar-refractivity contribution < 1.29 is 19.1 Å². The van der Waals surface area contributed by atoms with Crippen LogP contribution in [0.1, 0.15) is 24.8 Å². The lowest BCUT2D eigenvalue weighted by molar-refractivity contribution is -0.153. The van der Waals surface area contributed by atoms with Crippen LogP contribution in [0.4, 0.5) is 4.79 Å². The molecular weight excluding hydrogens is 282 g/mol. The van der Waals surface area contributed by atoms with E-state index in [4.69, 9.17) is 9.47 Å². The van der Waals surface area contributed by atoms with Crippen molar-refractivity contribution in [3.63, 3.8) is 0 Å². The van der Waals surface area contributed by atoms with Gasteiger partial charge in [-0.15, -0.1) is 0 Å². The van der Waals surface area contributed by atoms with Crippen LogP contribution in [0.5, 0.6) is 0 Å². The summed E-state index contributed by atoms with van der Waals surface area (Å²) < 4.78 is 10.3. The van der Waals surface area contributed by atoms with Crippen LogP contribution in [0.2, 0.25) is 0 Å². The molecule has 1 saturated carbocycles. The molecule has 5 nitrogen and oxygen atoms in total. The van der Waals surface area contributed by atoms with Crippen LogP contribution >= 0.6 is 0 Å². The van der Waals surface area contributed by atoms with Gasteiger partial charge in [0.15, 0.2) is 0 Å². The van der Waals surface area contributed by atoms with Gasteiger partial charge in [-0.2, -0.15) is 0 Å². The van der Waals surface area contributed by atoms with Gasteiger partial charge in [0.05, 0.1) is 12.5 Å². The van der Waals surface area contributed by atoms with Gasteiger partial charge in [0.2, 0.25) is 0 Å². The maximum atomic E-state index is 12.3. The van der Waals surface area contributed by atoms with E-state index in [9.17, 15) is 9.59 Å². The first-order valence-electron chi connectivity index (χ1n) is 7.70. The fraction of sp³-hybridized carbons (Fsp3) is 0.529. The summed E-state index contributed by atoms with van der Waals surface area (Å²) in [6.07, 6.45) is 2.44. The summed E-state index contributed by atoms with van der Waals surface area (Å²) in [4.78, 5) is 26.1. The van der Waals surface area contributed by atoms with Gasteiger partial charge in [-0.05, 0) is 24.3 Å². The van der Waals surface area contributed by atoms with E-state index in [1.54, 1.807) is 4.90 Å². The number of benzene rings is 1. The Hall–Kier alpha value is -2.04. The van der Waals surface area contributed by atoms with Crippen LogP contribution in [0.15, 0.2) is 30.3 Å². The minimum absolute atomic E-state index is 0.187. The molecule has 22 heavy (non-hydrogen) atoms. The van der Waals surface area contributed by atoms with Gasteiger partial charge in [0, 0.05) is 13.1 Å². The van der Waals surface area contributed by atoms with Crippen molar-refractivity contribution in [1.82, 2.24) is 4.90 Å². The van der Waals surface area contributed by atoms with E-state index in [0.717, 1.165) is 24.8 Å². The molecule has 3 rings (SSSR count). The highest BCUT2D eigenvalue weighted by Crippen LogP contribution is 2.49. The third-order valence-electron chi connectivity index (χ3n) is 4.93. The third kappa shape index (κ3) is 2.56. The number of methoxy groups -OCH3 is 1. The highest BCUT2D eigenvalue weighted by Gasteiger charge is 2.56. The largest absolute Gasteiger partial charge is 0.469 e. The number of carbonyl (C=O) groups is 2. The average molecular weight is 303 g/mol. The van der Waals surface area contributed by atoms with Crippen molar-refractivity contribution in [2.75, 3.05) is 20.2 Å². The molecule has 1 aromatic carbocycles. The van der Waals surface area contributed by atoms with Crippen LogP contribution in [-0.2, 0) is 20.9 Å². The SMILES string of the molecule is COC(=O)C12CCCC1CN(C(=O)OCc1ccccc1)C2. The Kier molecular flexibility index (Phi) is 4.05. The Morgan fingerprint density at radius 1 is 1.32 bits per heavy atom. The number of esters is 1. The molecular formula is C17H21NO4. The molecule has 1 aliphatic carbocycles. The third-order valence-corrected chi connectivity index (χ3v) is 4.93. The second-order valence-electron chi connectivity index (χ2n) is 6.16. The number of hydrogen-bond donors (Lipinski definition) is 0. The van der Waals surface area contributed by atoms with Crippen molar-refractivity contribution in [3.8, 4) is 0 Å². The lowest BCUT2D eigenvalue weighted by Crippen LogP contribution is -2.38. The molecule has 0 radical (unpaired) electrons. The fourth-order valence-electron chi connectivity index (χ4n) is 3.78. The normalized spacial score (nSPS) is 26.6. The van der Waals surface area contributed by atoms with Crippen LogP contribution in [0, 0.1) is 11.3 Å². The van der Waals surface area contributed by atoms with Crippen molar-refractivity contribution in [1.29, 1.82) is 0 Å². The second kappa shape index (κ2) is 5.99. The number of ether oxygens (including phenoxy) is 2. The van der Waals surface area contributed by atoms with Crippen LogP contribution in [0.3, 0.4) is 0 Å². The Morgan fingerprint density at radius 3 is 2.82 bits per heavy atom. The summed E-state index contributed by atoms with van der Waals surface area (Å²) in [6, 6.07) is 9.59. The van der Waals surface area contributed by atoms with Gasteiger partial charge in [-0.25, -0.2) is 4.79 Å². The molecule has 0 aromatic heterocycles. The minimum atomic E-state index is -0.513. The summed E-state index contributed by atoms with van der Waals surface area (Å²) in [5, 5.41) is 0. The van der Waals surface area contributed by atoms with Gasteiger partial charge in [0.25, 0.3) is 0 Å². The first-order chi connectivity index (χ1) is 10.7. The highest BCUT2D eigenvalue weighted by atomic mass is 16.6. The molecule has 1 amide bonds. The Balaban J connectivity index is 1.62. The molecule has 2 atom stereocenters. The molecule has 1 aromatic rings. The molecule has 2 aliphatic rings. The summed E-state index contributed by atoms with van der Waals surface area (Å²) in [5.41, 5.74) is 0.443. The van der Waals surface area contributed by atoms with Crippen LogP contribution < -0.4 is 0 Å². The zero-order valence-electron chi connectivity index (χ0n) is 12.8. The van der Waals surface area contributed by atoms with E-state index < -0.39 is 5.41 Å². The molecule has 2 unspecified atom stereocenters. The first-order valence-corrected chi connectivity index (χ1v) is 7.70.